The summed E-state index contributed by atoms with van der Waals surface area (Å²) in [5.74, 6) is 0.750. The third-order valence-corrected chi connectivity index (χ3v) is 6.87. The number of ether oxygens (including phenoxy) is 2. The van der Waals surface area contributed by atoms with Crippen molar-refractivity contribution in [1.82, 2.24) is 0 Å². The minimum Gasteiger partial charge on any atom is -0.496 e. The van der Waals surface area contributed by atoms with E-state index >= 15 is 0 Å². The average Bonchev–Trinajstić information content (AvgIpc) is 2.91. The predicted molar refractivity (Wildman–Crippen MR) is 158 cm³/mol. The Morgan fingerprint density at radius 1 is 0.974 bits per heavy atom. The van der Waals surface area contributed by atoms with Gasteiger partial charge in [0.1, 0.15) is 18.1 Å². The minimum atomic E-state index is -0.525. The zero-order chi connectivity index (χ0) is 28.4. The third-order valence-electron chi connectivity index (χ3n) is 6.87. The van der Waals surface area contributed by atoms with Gasteiger partial charge in [0.2, 0.25) is 11.8 Å². The fourth-order valence-corrected chi connectivity index (χ4v) is 4.75. The fourth-order valence-electron chi connectivity index (χ4n) is 4.75. The number of amides is 2. The van der Waals surface area contributed by atoms with Crippen LogP contribution in [0.15, 0.2) is 66.7 Å². The summed E-state index contributed by atoms with van der Waals surface area (Å²) < 4.78 is 11.8. The van der Waals surface area contributed by atoms with Crippen LogP contribution >= 0.6 is 0 Å². The molecule has 0 radical (unpaired) electrons. The second-order valence-corrected chi connectivity index (χ2v) is 11.0. The molecular weight excluding hydrogens is 488 g/mol. The molecule has 0 fully saturated rings. The number of unbranched alkanes of at least 4 members (excludes halogenated alkanes) is 2. The van der Waals surface area contributed by atoms with Gasteiger partial charge in [-0.1, -0.05) is 89.4 Å². The van der Waals surface area contributed by atoms with Crippen molar-refractivity contribution in [3.63, 3.8) is 0 Å². The summed E-state index contributed by atoms with van der Waals surface area (Å²) in [5.41, 5.74) is 9.30. The lowest BCUT2D eigenvalue weighted by molar-refractivity contribution is -0.116. The Balaban J connectivity index is 1.83. The molecule has 0 bridgehead atoms. The number of primary amides is 1. The molecular formula is C33H42N2O4. The normalized spacial score (nSPS) is 12.0. The number of hydrogen-bond acceptors (Lipinski definition) is 4. The minimum absolute atomic E-state index is 0.0351. The summed E-state index contributed by atoms with van der Waals surface area (Å²) >= 11 is 0. The summed E-state index contributed by atoms with van der Waals surface area (Å²) in [6.45, 7) is 8.85. The highest BCUT2D eigenvalue weighted by Crippen LogP contribution is 2.37. The van der Waals surface area contributed by atoms with Crippen molar-refractivity contribution in [3.05, 3.63) is 89.0 Å². The monoisotopic (exact) mass is 530 g/mol. The van der Waals surface area contributed by atoms with Crippen molar-refractivity contribution in [2.45, 2.75) is 77.7 Å². The van der Waals surface area contributed by atoms with E-state index in [0.29, 0.717) is 29.4 Å². The molecule has 0 heterocycles. The first-order chi connectivity index (χ1) is 18.6. The van der Waals surface area contributed by atoms with Gasteiger partial charge in [-0.2, -0.15) is 0 Å². The van der Waals surface area contributed by atoms with Crippen molar-refractivity contribution in [2.24, 2.45) is 5.73 Å². The first kappa shape index (κ1) is 29.8. The second-order valence-electron chi connectivity index (χ2n) is 11.0. The Morgan fingerprint density at radius 2 is 1.72 bits per heavy atom. The SMILES string of the molecule is CCCCCC(CC(=O)Nc1cc(C(N)=O)ccc1C(C)(C)C)c1ccc(OCc2ccccc2)cc1OC. The first-order valence-corrected chi connectivity index (χ1v) is 13.7. The van der Waals surface area contributed by atoms with Gasteiger partial charge < -0.3 is 20.5 Å². The second kappa shape index (κ2) is 13.8. The Bertz CT molecular complexity index is 1250. The van der Waals surface area contributed by atoms with Crippen molar-refractivity contribution >= 4 is 17.5 Å². The van der Waals surface area contributed by atoms with E-state index in [1.807, 2.05) is 54.6 Å². The largest absolute Gasteiger partial charge is 0.496 e. The highest BCUT2D eigenvalue weighted by atomic mass is 16.5. The molecule has 0 aliphatic heterocycles. The molecule has 3 aromatic rings. The van der Waals surface area contributed by atoms with E-state index in [2.05, 4.69) is 33.0 Å². The van der Waals surface area contributed by atoms with Gasteiger partial charge in [-0.05, 0) is 52.6 Å². The number of benzene rings is 3. The van der Waals surface area contributed by atoms with Crippen LogP contribution in [-0.2, 0) is 16.8 Å². The molecule has 0 aliphatic carbocycles. The smallest absolute Gasteiger partial charge is 0.248 e. The molecule has 0 spiro atoms. The maximum Gasteiger partial charge on any atom is 0.248 e. The van der Waals surface area contributed by atoms with Crippen LogP contribution in [0.2, 0.25) is 0 Å². The molecule has 3 N–H and O–H groups in total. The standard InChI is InChI=1S/C33H42N2O4/c1-6-7-9-14-24(20-31(36)35-29-19-25(32(34)37)15-18-28(29)33(2,3)4)27-17-16-26(21-30(27)38-5)39-22-23-12-10-8-11-13-23/h8,10-13,15-19,21,24H,6-7,9,14,20,22H2,1-5H3,(H2,34,37)(H,35,36). The van der Waals surface area contributed by atoms with Gasteiger partial charge in [-0.25, -0.2) is 0 Å². The van der Waals surface area contributed by atoms with Gasteiger partial charge >= 0.3 is 0 Å². The molecule has 0 saturated heterocycles. The van der Waals surface area contributed by atoms with Crippen LogP contribution in [0.1, 0.15) is 92.8 Å². The van der Waals surface area contributed by atoms with Crippen LogP contribution in [0.25, 0.3) is 0 Å². The van der Waals surface area contributed by atoms with E-state index in [4.69, 9.17) is 15.2 Å². The summed E-state index contributed by atoms with van der Waals surface area (Å²) in [6, 6.07) is 21.1. The molecule has 1 atom stereocenters. The average molecular weight is 531 g/mol. The molecule has 3 aromatic carbocycles. The number of anilines is 1. The van der Waals surface area contributed by atoms with Crippen LogP contribution < -0.4 is 20.5 Å². The van der Waals surface area contributed by atoms with Gasteiger partial charge in [0.05, 0.1) is 7.11 Å². The van der Waals surface area contributed by atoms with E-state index in [9.17, 15) is 9.59 Å². The number of carbonyl (C=O) groups excluding carboxylic acids is 2. The van der Waals surface area contributed by atoms with Gasteiger partial charge in [0.25, 0.3) is 0 Å². The Morgan fingerprint density at radius 3 is 2.36 bits per heavy atom. The van der Waals surface area contributed by atoms with Crippen molar-refractivity contribution < 1.29 is 19.1 Å². The zero-order valence-corrected chi connectivity index (χ0v) is 23.9. The molecule has 0 aliphatic rings. The van der Waals surface area contributed by atoms with Crippen LogP contribution in [0.5, 0.6) is 11.5 Å². The van der Waals surface area contributed by atoms with Gasteiger partial charge in [-0.3, -0.25) is 9.59 Å². The zero-order valence-electron chi connectivity index (χ0n) is 23.9. The van der Waals surface area contributed by atoms with Crippen molar-refractivity contribution in [1.29, 1.82) is 0 Å². The molecule has 0 saturated carbocycles. The van der Waals surface area contributed by atoms with Crippen molar-refractivity contribution in [2.75, 3.05) is 12.4 Å². The van der Waals surface area contributed by atoms with Crippen LogP contribution in [0, 0.1) is 0 Å². The van der Waals surface area contributed by atoms with E-state index in [1.54, 1.807) is 19.2 Å². The maximum atomic E-state index is 13.4. The summed E-state index contributed by atoms with van der Waals surface area (Å²) in [5, 5.41) is 3.08. The highest BCUT2D eigenvalue weighted by molar-refractivity contribution is 5.97. The summed E-state index contributed by atoms with van der Waals surface area (Å²) in [4.78, 5) is 25.2. The first-order valence-electron chi connectivity index (χ1n) is 13.7. The number of nitrogens with one attached hydrogen (secondary N) is 1. The molecule has 6 nitrogen and oxygen atoms in total. The van der Waals surface area contributed by atoms with E-state index in [0.717, 1.165) is 42.4 Å². The Labute approximate surface area is 232 Å². The van der Waals surface area contributed by atoms with E-state index in [1.165, 1.54) is 0 Å². The molecule has 1 unspecified atom stereocenters. The number of carbonyl (C=O) groups is 2. The number of methoxy groups -OCH3 is 1. The lowest BCUT2D eigenvalue weighted by Crippen LogP contribution is -2.22. The maximum absolute atomic E-state index is 13.4. The molecule has 3 rings (SSSR count). The quantitative estimate of drug-likeness (QED) is 0.226. The van der Waals surface area contributed by atoms with Crippen molar-refractivity contribution in [3.8, 4) is 11.5 Å². The van der Waals surface area contributed by atoms with E-state index in [-0.39, 0.29) is 23.7 Å². The number of nitrogens with two attached hydrogens (primary N) is 1. The van der Waals surface area contributed by atoms with Crippen LogP contribution in [0.3, 0.4) is 0 Å². The van der Waals surface area contributed by atoms with Crippen LogP contribution in [0.4, 0.5) is 5.69 Å². The summed E-state index contributed by atoms with van der Waals surface area (Å²) in [7, 11) is 1.65. The Hall–Kier alpha value is -3.80. The molecule has 208 valence electrons. The van der Waals surface area contributed by atoms with E-state index < -0.39 is 5.91 Å². The Kier molecular flexibility index (Phi) is 10.6. The van der Waals surface area contributed by atoms with Gasteiger partial charge in [-0.15, -0.1) is 0 Å². The lowest BCUT2D eigenvalue weighted by Gasteiger charge is -2.25. The highest BCUT2D eigenvalue weighted by Gasteiger charge is 2.24. The topological polar surface area (TPSA) is 90.7 Å². The molecule has 0 aromatic heterocycles. The van der Waals surface area contributed by atoms with Gasteiger partial charge in [0, 0.05) is 23.7 Å². The third kappa shape index (κ3) is 8.60. The predicted octanol–water partition coefficient (Wildman–Crippen LogP) is 7.36. The summed E-state index contributed by atoms with van der Waals surface area (Å²) in [6.07, 6.45) is 4.34. The lowest BCUT2D eigenvalue weighted by atomic mass is 9.84. The van der Waals surface area contributed by atoms with Gasteiger partial charge in [0.15, 0.2) is 0 Å². The molecule has 2 amide bonds. The molecule has 39 heavy (non-hydrogen) atoms. The fraction of sp³-hybridized carbons (Fsp3) is 0.394. The number of hydrogen-bond donors (Lipinski definition) is 2. The van der Waals surface area contributed by atoms with Crippen LogP contribution in [-0.4, -0.2) is 18.9 Å². The molecule has 6 heteroatoms. The number of rotatable bonds is 13.